The van der Waals surface area contributed by atoms with E-state index in [1.165, 1.54) is 19.6 Å². The van der Waals surface area contributed by atoms with Gasteiger partial charge in [0.15, 0.2) is 5.43 Å². The zero-order valence-electron chi connectivity index (χ0n) is 20.6. The lowest BCUT2D eigenvalue weighted by atomic mass is 10.0. The van der Waals surface area contributed by atoms with Crippen molar-refractivity contribution in [3.8, 4) is 28.6 Å². The lowest BCUT2D eigenvalue weighted by Crippen LogP contribution is -2.26. The number of benzene rings is 2. The molecule has 0 unspecified atom stereocenters. The van der Waals surface area contributed by atoms with Crippen LogP contribution in [0.5, 0.6) is 17.2 Å². The van der Waals surface area contributed by atoms with Crippen LogP contribution in [0.15, 0.2) is 39.5 Å². The largest absolute Gasteiger partial charge is 0.496 e. The number of fused-ring (bicyclic) bond motifs is 1. The Morgan fingerprint density at radius 3 is 2.27 bits per heavy atom. The molecule has 6 nitrogen and oxygen atoms in total. The third kappa shape index (κ3) is 5.69. The number of ether oxygens (including phenoxy) is 3. The lowest BCUT2D eigenvalue weighted by Gasteiger charge is -2.20. The fraction of sp³-hybridized carbons (Fsp3) is 0.444. The summed E-state index contributed by atoms with van der Waals surface area (Å²) < 4.78 is 22.9. The highest BCUT2D eigenvalue weighted by Crippen LogP contribution is 2.34. The molecule has 0 fully saturated rings. The van der Waals surface area contributed by atoms with E-state index in [2.05, 4.69) is 18.7 Å². The predicted octanol–water partition coefficient (Wildman–Crippen LogP) is 5.59. The van der Waals surface area contributed by atoms with E-state index < -0.39 is 0 Å². The normalized spacial score (nSPS) is 11.2. The molecule has 0 saturated carbocycles. The summed E-state index contributed by atoms with van der Waals surface area (Å²) in [6, 6.07) is 8.90. The monoisotopic (exact) mass is 453 g/mol. The maximum Gasteiger partial charge on any atom is 0.197 e. The molecule has 0 atom stereocenters. The second kappa shape index (κ2) is 11.2. The van der Waals surface area contributed by atoms with Crippen molar-refractivity contribution in [1.82, 2.24) is 4.90 Å². The molecule has 0 saturated heterocycles. The molecule has 1 heterocycles. The van der Waals surface area contributed by atoms with Crippen LogP contribution >= 0.6 is 0 Å². The van der Waals surface area contributed by atoms with E-state index >= 15 is 0 Å². The quantitative estimate of drug-likeness (QED) is 0.353. The average molecular weight is 454 g/mol. The number of hydrogen-bond donors (Lipinski definition) is 0. The van der Waals surface area contributed by atoms with Crippen LogP contribution < -0.4 is 19.6 Å². The van der Waals surface area contributed by atoms with Crippen molar-refractivity contribution in [3.05, 3.63) is 51.7 Å². The van der Waals surface area contributed by atoms with E-state index in [1.807, 2.05) is 26.0 Å². The van der Waals surface area contributed by atoms with E-state index in [4.69, 9.17) is 18.6 Å². The molecule has 33 heavy (non-hydrogen) atoms. The van der Waals surface area contributed by atoms with Gasteiger partial charge in [-0.05, 0) is 63.0 Å². The van der Waals surface area contributed by atoms with Crippen molar-refractivity contribution in [2.75, 3.05) is 40.5 Å². The van der Waals surface area contributed by atoms with Crippen LogP contribution in [0.3, 0.4) is 0 Å². The van der Waals surface area contributed by atoms with Gasteiger partial charge in [-0.1, -0.05) is 13.8 Å². The Morgan fingerprint density at radius 1 is 0.939 bits per heavy atom. The number of nitrogens with zero attached hydrogens (tertiary/aromatic N) is 1. The maximum absolute atomic E-state index is 12.9. The molecule has 178 valence electrons. The minimum Gasteiger partial charge on any atom is -0.496 e. The molecule has 0 N–H and O–H groups in total. The Hall–Kier alpha value is -2.99. The molecule has 0 spiro atoms. The Bertz CT molecular complexity index is 1130. The molecular formula is C27H35NO5. The molecule has 2 aromatic carbocycles. The van der Waals surface area contributed by atoms with Gasteiger partial charge in [0.25, 0.3) is 0 Å². The van der Waals surface area contributed by atoms with E-state index in [0.717, 1.165) is 48.5 Å². The lowest BCUT2D eigenvalue weighted by molar-refractivity contribution is 0.240. The SMILES string of the molecule is CCCN(CC)CCCOc1c(C)cc(-c2cc(=O)c3c(OC)cc(OC)cc3o2)cc1C. The van der Waals surface area contributed by atoms with Gasteiger partial charge in [0.1, 0.15) is 34.0 Å². The predicted molar refractivity (Wildman–Crippen MR) is 133 cm³/mol. The Labute approximate surface area is 196 Å². The minimum atomic E-state index is -0.158. The van der Waals surface area contributed by atoms with Crippen LogP contribution in [-0.4, -0.2) is 45.4 Å². The summed E-state index contributed by atoms with van der Waals surface area (Å²) in [6.45, 7) is 12.3. The zero-order valence-corrected chi connectivity index (χ0v) is 20.6. The third-order valence-electron chi connectivity index (χ3n) is 5.82. The van der Waals surface area contributed by atoms with Crippen molar-refractivity contribution in [2.24, 2.45) is 0 Å². The first kappa shape index (κ1) is 24.6. The van der Waals surface area contributed by atoms with E-state index in [-0.39, 0.29) is 5.43 Å². The molecule has 1 aromatic heterocycles. The highest BCUT2D eigenvalue weighted by atomic mass is 16.5. The van der Waals surface area contributed by atoms with Crippen LogP contribution in [0, 0.1) is 13.8 Å². The molecule has 0 bridgehead atoms. The topological polar surface area (TPSA) is 61.1 Å². The second-order valence-corrected chi connectivity index (χ2v) is 8.25. The Balaban J connectivity index is 1.85. The van der Waals surface area contributed by atoms with E-state index in [0.29, 0.717) is 34.8 Å². The smallest absolute Gasteiger partial charge is 0.197 e. The average Bonchev–Trinajstić information content (AvgIpc) is 2.81. The summed E-state index contributed by atoms with van der Waals surface area (Å²) in [5, 5.41) is 0.402. The maximum atomic E-state index is 12.9. The first-order valence-electron chi connectivity index (χ1n) is 11.6. The number of methoxy groups -OCH3 is 2. The zero-order chi connectivity index (χ0) is 24.0. The highest BCUT2D eigenvalue weighted by Gasteiger charge is 2.15. The summed E-state index contributed by atoms with van der Waals surface area (Å²) in [6.07, 6.45) is 2.15. The summed E-state index contributed by atoms with van der Waals surface area (Å²) in [5.74, 6) is 2.39. The first-order valence-corrected chi connectivity index (χ1v) is 11.6. The van der Waals surface area contributed by atoms with Crippen molar-refractivity contribution < 1.29 is 18.6 Å². The van der Waals surface area contributed by atoms with E-state index in [9.17, 15) is 4.79 Å². The van der Waals surface area contributed by atoms with Gasteiger partial charge in [-0.15, -0.1) is 0 Å². The van der Waals surface area contributed by atoms with Gasteiger partial charge in [-0.25, -0.2) is 0 Å². The van der Waals surface area contributed by atoms with Gasteiger partial charge in [-0.2, -0.15) is 0 Å². The van der Waals surface area contributed by atoms with Crippen molar-refractivity contribution in [3.63, 3.8) is 0 Å². The molecule has 0 aliphatic rings. The third-order valence-corrected chi connectivity index (χ3v) is 5.82. The van der Waals surface area contributed by atoms with Crippen LogP contribution in [0.2, 0.25) is 0 Å². The van der Waals surface area contributed by atoms with Gasteiger partial charge in [0.05, 0.1) is 20.8 Å². The second-order valence-electron chi connectivity index (χ2n) is 8.25. The van der Waals surface area contributed by atoms with Gasteiger partial charge in [0, 0.05) is 30.3 Å². The summed E-state index contributed by atoms with van der Waals surface area (Å²) in [5.41, 5.74) is 3.12. The van der Waals surface area contributed by atoms with Crippen LogP contribution in [0.4, 0.5) is 0 Å². The molecule has 6 heteroatoms. The number of rotatable bonds is 11. The van der Waals surface area contributed by atoms with Gasteiger partial charge < -0.3 is 23.5 Å². The first-order chi connectivity index (χ1) is 15.9. The fourth-order valence-electron chi connectivity index (χ4n) is 4.18. The van der Waals surface area contributed by atoms with E-state index in [1.54, 1.807) is 19.2 Å². The number of aryl methyl sites for hydroxylation is 2. The van der Waals surface area contributed by atoms with Gasteiger partial charge >= 0.3 is 0 Å². The summed E-state index contributed by atoms with van der Waals surface area (Å²) >= 11 is 0. The molecule has 0 radical (unpaired) electrons. The molecule has 3 aromatic rings. The molecule has 3 rings (SSSR count). The van der Waals surface area contributed by atoms with Gasteiger partial charge in [-0.3, -0.25) is 4.79 Å². The van der Waals surface area contributed by atoms with Gasteiger partial charge in [0.2, 0.25) is 0 Å². The fourth-order valence-corrected chi connectivity index (χ4v) is 4.18. The minimum absolute atomic E-state index is 0.158. The van der Waals surface area contributed by atoms with Crippen molar-refractivity contribution >= 4 is 11.0 Å². The molecule has 0 amide bonds. The van der Waals surface area contributed by atoms with Crippen molar-refractivity contribution in [2.45, 2.75) is 40.5 Å². The van der Waals surface area contributed by atoms with Crippen LogP contribution in [-0.2, 0) is 0 Å². The van der Waals surface area contributed by atoms with Crippen LogP contribution in [0.25, 0.3) is 22.3 Å². The number of hydrogen-bond acceptors (Lipinski definition) is 6. The molecule has 0 aliphatic heterocycles. The standard InChI is InChI=1S/C27H35NO5/c1-7-10-28(8-2)11-9-12-32-27-18(3)13-20(14-19(27)4)23-17-22(29)26-24(31-6)15-21(30-5)16-25(26)33-23/h13-17H,7-12H2,1-6H3. The Kier molecular flexibility index (Phi) is 8.39. The highest BCUT2D eigenvalue weighted by molar-refractivity contribution is 5.86. The molecule has 0 aliphatic carbocycles. The summed E-state index contributed by atoms with van der Waals surface area (Å²) in [4.78, 5) is 15.3. The Morgan fingerprint density at radius 2 is 1.67 bits per heavy atom. The van der Waals surface area contributed by atoms with Crippen molar-refractivity contribution in [1.29, 1.82) is 0 Å². The van der Waals surface area contributed by atoms with Crippen LogP contribution in [0.1, 0.15) is 37.8 Å². The molecular weight excluding hydrogens is 418 g/mol. The summed E-state index contributed by atoms with van der Waals surface area (Å²) in [7, 11) is 3.09.